The molecule has 0 unspecified atom stereocenters. The van der Waals surface area contributed by atoms with Crippen molar-refractivity contribution in [2.24, 2.45) is 0 Å². The molecular formula is C31H24N4O5. The number of fused-ring (bicyclic) bond motifs is 2. The van der Waals surface area contributed by atoms with E-state index in [0.29, 0.717) is 53.5 Å². The van der Waals surface area contributed by atoms with Crippen molar-refractivity contribution in [2.75, 3.05) is 12.4 Å². The SMILES string of the molecule is COc1ccc2nccc(Oc3ccc(NC(=O)c4cc5c(n(-c6ccccc6)c4=O)CCCC5=O)nc3)c2c1. The van der Waals surface area contributed by atoms with Gasteiger partial charge >= 0.3 is 0 Å². The Kier molecular flexibility index (Phi) is 6.53. The fraction of sp³-hybridized carbons (Fsp3) is 0.129. The van der Waals surface area contributed by atoms with Gasteiger partial charge in [-0.15, -0.1) is 0 Å². The Labute approximate surface area is 229 Å². The summed E-state index contributed by atoms with van der Waals surface area (Å²) in [6.07, 6.45) is 4.74. The second-order valence-corrected chi connectivity index (χ2v) is 9.30. The fourth-order valence-corrected chi connectivity index (χ4v) is 4.85. The fourth-order valence-electron chi connectivity index (χ4n) is 4.85. The average molecular weight is 533 g/mol. The number of hydrogen-bond acceptors (Lipinski definition) is 7. The molecule has 0 aliphatic heterocycles. The highest BCUT2D eigenvalue weighted by atomic mass is 16.5. The van der Waals surface area contributed by atoms with E-state index in [1.165, 1.54) is 16.8 Å². The molecule has 0 radical (unpaired) electrons. The molecule has 2 aromatic carbocycles. The van der Waals surface area contributed by atoms with Crippen LogP contribution in [0, 0.1) is 0 Å². The number of carbonyl (C=O) groups is 2. The number of ether oxygens (including phenoxy) is 2. The highest BCUT2D eigenvalue weighted by Crippen LogP contribution is 2.31. The van der Waals surface area contributed by atoms with Gasteiger partial charge in [0.05, 0.1) is 18.8 Å². The van der Waals surface area contributed by atoms with Gasteiger partial charge in [-0.1, -0.05) is 18.2 Å². The standard InChI is InChI=1S/C31H24N4O5/c1-39-20-10-12-25-22(16-20)28(14-15-32-25)40-21-11-13-29(33-18-21)34-30(37)24-17-23-26(8-5-9-27(23)36)35(31(24)38)19-6-3-2-4-7-19/h2-4,6-7,10-18H,5,8-9H2,1H3,(H,33,34,37). The maximum absolute atomic E-state index is 13.5. The van der Waals surface area contributed by atoms with Crippen molar-refractivity contribution in [3.63, 3.8) is 0 Å². The van der Waals surface area contributed by atoms with Gasteiger partial charge in [0, 0.05) is 34.9 Å². The number of hydrogen-bond donors (Lipinski definition) is 1. The predicted octanol–water partition coefficient (Wildman–Crippen LogP) is 5.35. The van der Waals surface area contributed by atoms with E-state index in [4.69, 9.17) is 9.47 Å². The largest absolute Gasteiger partial charge is 0.497 e. The topological polar surface area (TPSA) is 112 Å². The van der Waals surface area contributed by atoms with Gasteiger partial charge in [0.25, 0.3) is 11.5 Å². The van der Waals surface area contributed by atoms with Gasteiger partial charge in [0.1, 0.15) is 28.6 Å². The van der Waals surface area contributed by atoms with Crippen LogP contribution in [-0.2, 0) is 6.42 Å². The Morgan fingerprint density at radius 2 is 1.75 bits per heavy atom. The molecule has 0 saturated carbocycles. The van der Waals surface area contributed by atoms with Gasteiger partial charge in [-0.05, 0) is 67.4 Å². The molecule has 5 aromatic rings. The summed E-state index contributed by atoms with van der Waals surface area (Å²) in [4.78, 5) is 48.2. The molecule has 6 rings (SSSR count). The van der Waals surface area contributed by atoms with Crippen LogP contribution in [0.25, 0.3) is 16.6 Å². The van der Waals surface area contributed by atoms with Crippen molar-refractivity contribution in [3.05, 3.63) is 112 Å². The summed E-state index contributed by atoms with van der Waals surface area (Å²) in [6.45, 7) is 0. The van der Waals surface area contributed by atoms with Crippen LogP contribution >= 0.6 is 0 Å². The zero-order chi connectivity index (χ0) is 27.6. The van der Waals surface area contributed by atoms with Crippen LogP contribution in [0.5, 0.6) is 17.2 Å². The van der Waals surface area contributed by atoms with Crippen molar-refractivity contribution >= 4 is 28.4 Å². The highest BCUT2D eigenvalue weighted by Gasteiger charge is 2.26. The van der Waals surface area contributed by atoms with Crippen LogP contribution in [0.1, 0.15) is 39.3 Å². The number of methoxy groups -OCH3 is 1. The third kappa shape index (κ3) is 4.69. The lowest BCUT2D eigenvalue weighted by molar-refractivity contribution is 0.0971. The average Bonchev–Trinajstić information content (AvgIpc) is 2.98. The molecule has 0 bridgehead atoms. The van der Waals surface area contributed by atoms with Crippen molar-refractivity contribution < 1.29 is 19.1 Å². The van der Waals surface area contributed by atoms with Crippen LogP contribution in [0.3, 0.4) is 0 Å². The molecule has 9 nitrogen and oxygen atoms in total. The third-order valence-corrected chi connectivity index (χ3v) is 6.79. The number of rotatable bonds is 6. The molecule has 0 saturated heterocycles. The predicted molar refractivity (Wildman–Crippen MR) is 150 cm³/mol. The number of nitrogens with zero attached hydrogens (tertiary/aromatic N) is 3. The zero-order valence-corrected chi connectivity index (χ0v) is 21.6. The quantitative estimate of drug-likeness (QED) is 0.314. The second-order valence-electron chi connectivity index (χ2n) is 9.30. The summed E-state index contributed by atoms with van der Waals surface area (Å²) < 4.78 is 12.8. The van der Waals surface area contributed by atoms with Crippen molar-refractivity contribution in [3.8, 4) is 22.9 Å². The van der Waals surface area contributed by atoms with Crippen molar-refractivity contribution in [1.29, 1.82) is 0 Å². The lowest BCUT2D eigenvalue weighted by Gasteiger charge is -2.21. The molecule has 1 N–H and O–H groups in total. The number of aromatic nitrogens is 3. The van der Waals surface area contributed by atoms with E-state index >= 15 is 0 Å². The number of amides is 1. The second kappa shape index (κ2) is 10.5. The maximum atomic E-state index is 13.5. The lowest BCUT2D eigenvalue weighted by atomic mass is 9.92. The van der Waals surface area contributed by atoms with Gasteiger partial charge in [-0.2, -0.15) is 0 Å². The minimum atomic E-state index is -0.649. The molecular weight excluding hydrogens is 508 g/mol. The van der Waals surface area contributed by atoms with E-state index in [2.05, 4.69) is 15.3 Å². The monoisotopic (exact) mass is 532 g/mol. The lowest BCUT2D eigenvalue weighted by Crippen LogP contribution is -2.33. The zero-order valence-electron chi connectivity index (χ0n) is 21.6. The minimum absolute atomic E-state index is 0.0825. The number of Topliss-reactive ketones (excluding diaryl/α,β-unsaturated/α-hetero) is 1. The van der Waals surface area contributed by atoms with Gasteiger partial charge in [-0.3, -0.25) is 23.9 Å². The number of carbonyl (C=O) groups excluding carboxylic acids is 2. The first-order valence-corrected chi connectivity index (χ1v) is 12.8. The minimum Gasteiger partial charge on any atom is -0.497 e. The first-order valence-electron chi connectivity index (χ1n) is 12.8. The summed E-state index contributed by atoms with van der Waals surface area (Å²) in [5.41, 5.74) is 1.77. The summed E-state index contributed by atoms with van der Waals surface area (Å²) in [6, 6.07) is 20.9. The van der Waals surface area contributed by atoms with Gasteiger partial charge < -0.3 is 14.8 Å². The van der Waals surface area contributed by atoms with Crippen LogP contribution in [0.4, 0.5) is 5.82 Å². The summed E-state index contributed by atoms with van der Waals surface area (Å²) in [5, 5.41) is 3.45. The smallest absolute Gasteiger partial charge is 0.268 e. The van der Waals surface area contributed by atoms with Gasteiger partial charge in [-0.25, -0.2) is 4.98 Å². The first-order chi connectivity index (χ1) is 19.5. The number of ketones is 1. The van der Waals surface area contributed by atoms with Crippen LogP contribution < -0.4 is 20.3 Å². The van der Waals surface area contributed by atoms with Crippen LogP contribution in [0.15, 0.2) is 90.0 Å². The van der Waals surface area contributed by atoms with Crippen molar-refractivity contribution in [2.45, 2.75) is 19.3 Å². The summed E-state index contributed by atoms with van der Waals surface area (Å²) >= 11 is 0. The van der Waals surface area contributed by atoms with Gasteiger partial charge in [0.15, 0.2) is 5.78 Å². The van der Waals surface area contributed by atoms with E-state index in [-0.39, 0.29) is 17.2 Å². The van der Waals surface area contributed by atoms with E-state index in [1.54, 1.807) is 43.6 Å². The number of nitrogens with one attached hydrogen (secondary N) is 1. The molecule has 3 aromatic heterocycles. The molecule has 198 valence electrons. The number of anilines is 1. The van der Waals surface area contributed by atoms with Crippen molar-refractivity contribution in [1.82, 2.24) is 14.5 Å². The van der Waals surface area contributed by atoms with Crippen LogP contribution in [-0.4, -0.2) is 33.3 Å². The summed E-state index contributed by atoms with van der Waals surface area (Å²) in [7, 11) is 1.59. The third-order valence-electron chi connectivity index (χ3n) is 6.79. The molecule has 40 heavy (non-hydrogen) atoms. The number of pyridine rings is 3. The molecule has 3 heterocycles. The summed E-state index contributed by atoms with van der Waals surface area (Å²) in [5.74, 6) is 1.19. The van der Waals surface area contributed by atoms with E-state index in [1.807, 2.05) is 36.4 Å². The van der Waals surface area contributed by atoms with Gasteiger partial charge in [0.2, 0.25) is 0 Å². The Balaban J connectivity index is 1.28. The molecule has 1 aliphatic carbocycles. The molecule has 0 fully saturated rings. The Bertz CT molecular complexity index is 1810. The van der Waals surface area contributed by atoms with Crippen LogP contribution in [0.2, 0.25) is 0 Å². The van der Waals surface area contributed by atoms with E-state index < -0.39 is 11.5 Å². The maximum Gasteiger partial charge on any atom is 0.268 e. The first kappa shape index (κ1) is 25.0. The van der Waals surface area contributed by atoms with E-state index in [0.717, 1.165) is 10.9 Å². The molecule has 0 atom stereocenters. The number of para-hydroxylation sites is 1. The molecule has 9 heteroatoms. The molecule has 1 amide bonds. The molecule has 0 spiro atoms. The Morgan fingerprint density at radius 3 is 2.52 bits per heavy atom. The molecule has 1 aliphatic rings. The normalized spacial score (nSPS) is 12.6. The highest BCUT2D eigenvalue weighted by molar-refractivity contribution is 6.06. The van der Waals surface area contributed by atoms with E-state index in [9.17, 15) is 14.4 Å². The number of benzene rings is 2. The Morgan fingerprint density at radius 1 is 0.925 bits per heavy atom. The Hall–Kier alpha value is -5.31.